The Morgan fingerprint density at radius 1 is 1.08 bits per heavy atom. The molecule has 2 aromatic rings. The van der Waals surface area contributed by atoms with Crippen molar-refractivity contribution in [2.45, 2.75) is 38.5 Å². The Kier molecular flexibility index (Phi) is 4.56. The van der Waals surface area contributed by atoms with Crippen molar-refractivity contribution < 1.29 is 12.8 Å². The van der Waals surface area contributed by atoms with E-state index in [1.165, 1.54) is 0 Å². The first-order chi connectivity index (χ1) is 12.0. The van der Waals surface area contributed by atoms with Crippen LogP contribution >= 0.6 is 0 Å². The molecule has 1 aromatic heterocycles. The fraction of sp³-hybridized carbons (Fsp3) is 0.611. The van der Waals surface area contributed by atoms with Gasteiger partial charge in [0.05, 0.1) is 0 Å². The summed E-state index contributed by atoms with van der Waals surface area (Å²) in [5.74, 6) is 1.30. The van der Waals surface area contributed by atoms with E-state index in [1.54, 1.807) is 8.61 Å². The van der Waals surface area contributed by atoms with Crippen molar-refractivity contribution in [3.8, 4) is 0 Å². The average molecular weight is 363 g/mol. The van der Waals surface area contributed by atoms with Gasteiger partial charge in [-0.05, 0) is 43.7 Å². The van der Waals surface area contributed by atoms with Crippen molar-refractivity contribution in [2.75, 3.05) is 26.2 Å². The maximum absolute atomic E-state index is 13.0. The minimum atomic E-state index is -3.38. The number of piperidine rings is 2. The second-order valence-electron chi connectivity index (χ2n) is 7.31. The lowest BCUT2D eigenvalue weighted by molar-refractivity contribution is 0.238. The van der Waals surface area contributed by atoms with E-state index in [0.29, 0.717) is 38.0 Å². The Morgan fingerprint density at radius 3 is 2.60 bits per heavy atom. The Balaban J connectivity index is 1.52. The smallest absolute Gasteiger partial charge is 0.281 e. The van der Waals surface area contributed by atoms with Crippen LogP contribution in [0.2, 0.25) is 0 Å². The molecule has 7 heteroatoms. The van der Waals surface area contributed by atoms with E-state index in [0.717, 1.165) is 36.8 Å². The summed E-state index contributed by atoms with van der Waals surface area (Å²) in [6.45, 7) is 4.50. The largest absolute Gasteiger partial charge is 0.440 e. The van der Waals surface area contributed by atoms with Gasteiger partial charge in [0.25, 0.3) is 10.2 Å². The van der Waals surface area contributed by atoms with Gasteiger partial charge < -0.3 is 4.42 Å². The summed E-state index contributed by atoms with van der Waals surface area (Å²) in [5.41, 5.74) is 1.60. The van der Waals surface area contributed by atoms with Gasteiger partial charge in [0.2, 0.25) is 0 Å². The van der Waals surface area contributed by atoms with Crippen molar-refractivity contribution in [2.24, 2.45) is 5.92 Å². The minimum absolute atomic E-state index is 0.0274. The molecule has 0 unspecified atom stereocenters. The first-order valence-corrected chi connectivity index (χ1v) is 10.5. The quantitative estimate of drug-likeness (QED) is 0.841. The highest BCUT2D eigenvalue weighted by Crippen LogP contribution is 2.31. The molecule has 0 bridgehead atoms. The van der Waals surface area contributed by atoms with E-state index in [2.05, 4.69) is 11.9 Å². The van der Waals surface area contributed by atoms with Crippen LogP contribution < -0.4 is 0 Å². The lowest BCUT2D eigenvalue weighted by atomic mass is 10.00. The molecule has 4 rings (SSSR count). The third kappa shape index (κ3) is 3.32. The first kappa shape index (κ1) is 17.0. The van der Waals surface area contributed by atoms with Crippen LogP contribution in [0, 0.1) is 5.92 Å². The van der Waals surface area contributed by atoms with E-state index in [4.69, 9.17) is 4.42 Å². The average Bonchev–Trinajstić information content (AvgIpc) is 3.06. The zero-order valence-electron chi connectivity index (χ0n) is 14.6. The Bertz CT molecular complexity index is 807. The number of para-hydroxylation sites is 2. The second-order valence-corrected chi connectivity index (χ2v) is 9.23. The van der Waals surface area contributed by atoms with Crippen LogP contribution in [0.5, 0.6) is 0 Å². The number of hydrogen-bond donors (Lipinski definition) is 0. The highest BCUT2D eigenvalue weighted by atomic mass is 32.2. The molecule has 0 N–H and O–H groups in total. The van der Waals surface area contributed by atoms with Crippen molar-refractivity contribution >= 4 is 21.3 Å². The van der Waals surface area contributed by atoms with Gasteiger partial charge in [0, 0.05) is 32.1 Å². The van der Waals surface area contributed by atoms with Crippen molar-refractivity contribution in [3.63, 3.8) is 0 Å². The molecule has 0 spiro atoms. The van der Waals surface area contributed by atoms with Crippen LogP contribution in [0.1, 0.15) is 44.4 Å². The normalized spacial score (nSPS) is 24.8. The second kappa shape index (κ2) is 6.70. The topological polar surface area (TPSA) is 66.7 Å². The van der Waals surface area contributed by atoms with Crippen LogP contribution in [0.15, 0.2) is 28.7 Å². The molecule has 0 aliphatic carbocycles. The maximum atomic E-state index is 13.0. The number of oxazole rings is 1. The van der Waals surface area contributed by atoms with E-state index < -0.39 is 10.2 Å². The fourth-order valence-corrected chi connectivity index (χ4v) is 5.52. The molecule has 2 aliphatic rings. The fourth-order valence-electron chi connectivity index (χ4n) is 3.80. The van der Waals surface area contributed by atoms with E-state index in [9.17, 15) is 8.42 Å². The molecule has 1 atom stereocenters. The number of nitrogens with zero attached hydrogens (tertiary/aromatic N) is 3. The molecule has 6 nitrogen and oxygen atoms in total. The summed E-state index contributed by atoms with van der Waals surface area (Å²) >= 11 is 0. The van der Waals surface area contributed by atoms with Crippen molar-refractivity contribution in [1.29, 1.82) is 0 Å². The van der Waals surface area contributed by atoms with Gasteiger partial charge in [-0.15, -0.1) is 0 Å². The number of rotatable bonds is 3. The minimum Gasteiger partial charge on any atom is -0.440 e. The van der Waals surface area contributed by atoms with Crippen LogP contribution in [0.3, 0.4) is 0 Å². The number of aromatic nitrogens is 1. The summed E-state index contributed by atoms with van der Waals surface area (Å²) in [4.78, 5) is 4.57. The standard InChI is InChI=1S/C18H25N3O3S/c1-14-8-11-20(12-9-14)25(22,23)21-10-4-5-15(13-21)18-19-16-6-2-3-7-17(16)24-18/h2-3,6-7,14-15H,4-5,8-13H2,1H3/t15-/m1/s1. The maximum Gasteiger partial charge on any atom is 0.281 e. The molecular formula is C18H25N3O3S. The molecule has 2 aliphatic heterocycles. The molecule has 3 heterocycles. The van der Waals surface area contributed by atoms with Gasteiger partial charge in [-0.3, -0.25) is 0 Å². The number of benzene rings is 1. The molecule has 136 valence electrons. The first-order valence-electron chi connectivity index (χ1n) is 9.15. The molecular weight excluding hydrogens is 338 g/mol. The third-order valence-corrected chi connectivity index (χ3v) is 7.44. The molecule has 0 amide bonds. The van der Waals surface area contributed by atoms with Gasteiger partial charge in [-0.1, -0.05) is 19.1 Å². The molecule has 2 fully saturated rings. The molecule has 0 saturated carbocycles. The predicted molar refractivity (Wildman–Crippen MR) is 96.4 cm³/mol. The highest BCUT2D eigenvalue weighted by molar-refractivity contribution is 7.86. The zero-order valence-corrected chi connectivity index (χ0v) is 15.4. The van der Waals surface area contributed by atoms with Crippen LogP contribution in [-0.4, -0.2) is 48.2 Å². The van der Waals surface area contributed by atoms with Crippen molar-refractivity contribution in [1.82, 2.24) is 13.6 Å². The zero-order chi connectivity index (χ0) is 17.4. The van der Waals surface area contributed by atoms with Gasteiger partial charge in [-0.25, -0.2) is 4.98 Å². The van der Waals surface area contributed by atoms with Crippen molar-refractivity contribution in [3.05, 3.63) is 30.2 Å². The number of fused-ring (bicyclic) bond motifs is 1. The van der Waals surface area contributed by atoms with E-state index in [-0.39, 0.29) is 5.92 Å². The summed E-state index contributed by atoms with van der Waals surface area (Å²) < 4.78 is 35.2. The molecule has 1 aromatic carbocycles. The Labute approximate surface area is 149 Å². The summed E-state index contributed by atoms with van der Waals surface area (Å²) in [6.07, 6.45) is 3.64. The van der Waals surface area contributed by atoms with Crippen LogP contribution in [0.4, 0.5) is 0 Å². The SMILES string of the molecule is CC1CCN(S(=O)(=O)N2CCC[C@@H](c3nc4ccccc4o3)C2)CC1. The van der Waals surface area contributed by atoms with Crippen LogP contribution in [-0.2, 0) is 10.2 Å². The van der Waals surface area contributed by atoms with E-state index in [1.807, 2.05) is 24.3 Å². The van der Waals surface area contributed by atoms with Gasteiger partial charge in [0.1, 0.15) is 5.52 Å². The lowest BCUT2D eigenvalue weighted by Crippen LogP contribution is -2.49. The lowest BCUT2D eigenvalue weighted by Gasteiger charge is -2.37. The predicted octanol–water partition coefficient (Wildman–Crippen LogP) is 2.98. The van der Waals surface area contributed by atoms with Gasteiger partial charge in [0.15, 0.2) is 11.5 Å². The summed E-state index contributed by atoms with van der Waals surface area (Å²) in [5, 5.41) is 0. The third-order valence-electron chi connectivity index (χ3n) is 5.44. The van der Waals surface area contributed by atoms with E-state index >= 15 is 0 Å². The van der Waals surface area contributed by atoms with Gasteiger partial charge >= 0.3 is 0 Å². The number of hydrogen-bond acceptors (Lipinski definition) is 4. The molecule has 25 heavy (non-hydrogen) atoms. The monoisotopic (exact) mass is 363 g/mol. The van der Waals surface area contributed by atoms with Crippen LogP contribution in [0.25, 0.3) is 11.1 Å². The summed E-state index contributed by atoms with van der Waals surface area (Å²) in [6, 6.07) is 7.68. The highest BCUT2D eigenvalue weighted by Gasteiger charge is 2.36. The molecule has 0 radical (unpaired) electrons. The molecule has 2 saturated heterocycles. The summed E-state index contributed by atoms with van der Waals surface area (Å²) in [7, 11) is -3.38. The Hall–Kier alpha value is -1.44. The van der Waals surface area contributed by atoms with Gasteiger partial charge in [-0.2, -0.15) is 17.0 Å². The Morgan fingerprint density at radius 2 is 1.84 bits per heavy atom.